The largest absolute Gasteiger partial charge is 0.365 e. The van der Waals surface area contributed by atoms with E-state index >= 15 is 0 Å². The summed E-state index contributed by atoms with van der Waals surface area (Å²) in [4.78, 5) is 15.4. The van der Waals surface area contributed by atoms with Gasteiger partial charge in [0.05, 0.1) is 5.69 Å². The number of aromatic amines is 1. The van der Waals surface area contributed by atoms with Gasteiger partial charge in [0.1, 0.15) is 17.5 Å². The Labute approximate surface area is 161 Å². The Morgan fingerprint density at radius 1 is 1.21 bits per heavy atom. The van der Waals surface area contributed by atoms with Crippen molar-refractivity contribution in [3.8, 4) is 6.07 Å². The van der Waals surface area contributed by atoms with E-state index in [1.54, 1.807) is 12.1 Å². The Kier molecular flexibility index (Phi) is 4.32. The number of aromatic nitrogens is 1. The SMILES string of the molecule is Cc1ccc2[nH]c3c(c2c1)CCC(=C\c1ccc(F)cc1)/C3=C(\C#N)C(N)=O. The van der Waals surface area contributed by atoms with Gasteiger partial charge >= 0.3 is 0 Å². The number of nitriles is 1. The molecule has 0 radical (unpaired) electrons. The molecule has 0 atom stereocenters. The summed E-state index contributed by atoms with van der Waals surface area (Å²) in [6, 6.07) is 14.2. The van der Waals surface area contributed by atoms with Crippen LogP contribution in [0.3, 0.4) is 0 Å². The second-order valence-corrected chi connectivity index (χ2v) is 6.97. The lowest BCUT2D eigenvalue weighted by atomic mass is 9.83. The number of primary amides is 1. The van der Waals surface area contributed by atoms with E-state index in [-0.39, 0.29) is 11.4 Å². The number of allylic oxidation sites excluding steroid dienone is 2. The minimum Gasteiger partial charge on any atom is -0.365 e. The summed E-state index contributed by atoms with van der Waals surface area (Å²) in [6.45, 7) is 2.03. The second-order valence-electron chi connectivity index (χ2n) is 6.97. The fourth-order valence-electron chi connectivity index (χ4n) is 3.80. The lowest BCUT2D eigenvalue weighted by Gasteiger charge is -2.20. The molecule has 28 heavy (non-hydrogen) atoms. The topological polar surface area (TPSA) is 82.7 Å². The van der Waals surface area contributed by atoms with Gasteiger partial charge in [-0.05, 0) is 60.7 Å². The molecule has 2 aromatic carbocycles. The standard InChI is InChI=1S/C23H18FN3O/c1-13-2-9-20-18(10-13)17-8-5-15(11-14-3-6-16(24)7-4-14)21(22(17)27-20)19(12-25)23(26)28/h2-4,6-7,9-11,27H,5,8H2,1H3,(H2,26,28)/b15-11+,21-19-. The fourth-order valence-corrected chi connectivity index (χ4v) is 3.80. The molecule has 4 rings (SSSR count). The van der Waals surface area contributed by atoms with Crippen LogP contribution in [-0.4, -0.2) is 10.9 Å². The van der Waals surface area contributed by atoms with Crippen LogP contribution in [0.25, 0.3) is 22.6 Å². The van der Waals surface area contributed by atoms with E-state index in [1.807, 2.05) is 31.2 Å². The van der Waals surface area contributed by atoms with Crippen molar-refractivity contribution in [2.24, 2.45) is 5.73 Å². The summed E-state index contributed by atoms with van der Waals surface area (Å²) in [6.07, 6.45) is 3.31. The van der Waals surface area contributed by atoms with Gasteiger partial charge in [0, 0.05) is 16.5 Å². The number of aryl methyl sites for hydroxylation is 2. The zero-order valence-electron chi connectivity index (χ0n) is 15.3. The van der Waals surface area contributed by atoms with E-state index in [2.05, 4.69) is 11.1 Å². The zero-order chi connectivity index (χ0) is 19.8. The van der Waals surface area contributed by atoms with Crippen molar-refractivity contribution in [3.05, 3.63) is 81.8 Å². The third-order valence-electron chi connectivity index (χ3n) is 5.10. The molecule has 1 aromatic heterocycles. The van der Waals surface area contributed by atoms with E-state index in [4.69, 9.17) is 5.73 Å². The van der Waals surface area contributed by atoms with Gasteiger partial charge in [0.25, 0.3) is 5.91 Å². The number of benzene rings is 2. The number of nitrogens with one attached hydrogen (secondary N) is 1. The number of amides is 1. The van der Waals surface area contributed by atoms with Crippen LogP contribution in [0.1, 0.15) is 28.8 Å². The number of carbonyl (C=O) groups is 1. The first kappa shape index (κ1) is 17.7. The van der Waals surface area contributed by atoms with Crippen molar-refractivity contribution in [2.45, 2.75) is 19.8 Å². The third kappa shape index (κ3) is 2.99. The first-order valence-corrected chi connectivity index (χ1v) is 9.00. The van der Waals surface area contributed by atoms with Gasteiger partial charge in [-0.25, -0.2) is 4.39 Å². The number of hydrogen-bond acceptors (Lipinski definition) is 2. The molecule has 3 aromatic rings. The highest BCUT2D eigenvalue weighted by Gasteiger charge is 2.27. The van der Waals surface area contributed by atoms with Crippen LogP contribution < -0.4 is 5.73 Å². The summed E-state index contributed by atoms with van der Waals surface area (Å²) in [5, 5.41) is 10.7. The van der Waals surface area contributed by atoms with Crippen LogP contribution in [0.4, 0.5) is 4.39 Å². The first-order valence-electron chi connectivity index (χ1n) is 9.00. The predicted molar refractivity (Wildman–Crippen MR) is 107 cm³/mol. The van der Waals surface area contributed by atoms with Crippen LogP contribution in [-0.2, 0) is 11.2 Å². The minimum atomic E-state index is -0.759. The average Bonchev–Trinajstić information content (AvgIpc) is 3.03. The Morgan fingerprint density at radius 3 is 2.64 bits per heavy atom. The lowest BCUT2D eigenvalue weighted by Crippen LogP contribution is -2.17. The van der Waals surface area contributed by atoms with Crippen LogP contribution in [0.5, 0.6) is 0 Å². The molecular formula is C23H18FN3O. The monoisotopic (exact) mass is 371 g/mol. The maximum absolute atomic E-state index is 13.2. The Hall–Kier alpha value is -3.65. The van der Waals surface area contributed by atoms with E-state index < -0.39 is 5.91 Å². The Bertz CT molecular complexity index is 1210. The molecule has 138 valence electrons. The number of H-pyrrole nitrogens is 1. The van der Waals surface area contributed by atoms with Crippen molar-refractivity contribution >= 4 is 28.5 Å². The van der Waals surface area contributed by atoms with E-state index in [0.717, 1.165) is 45.3 Å². The number of fused-ring (bicyclic) bond motifs is 3. The average molecular weight is 371 g/mol. The molecule has 0 saturated heterocycles. The number of halogens is 1. The second kappa shape index (κ2) is 6.82. The van der Waals surface area contributed by atoms with Crippen molar-refractivity contribution < 1.29 is 9.18 Å². The van der Waals surface area contributed by atoms with Crippen LogP contribution in [0.15, 0.2) is 53.6 Å². The summed E-state index contributed by atoms with van der Waals surface area (Å²) >= 11 is 0. The molecule has 1 aliphatic rings. The van der Waals surface area contributed by atoms with E-state index in [9.17, 15) is 14.4 Å². The van der Waals surface area contributed by atoms with Gasteiger partial charge in [-0.1, -0.05) is 29.8 Å². The number of carbonyl (C=O) groups excluding carboxylic acids is 1. The molecule has 5 heteroatoms. The van der Waals surface area contributed by atoms with Crippen LogP contribution in [0.2, 0.25) is 0 Å². The predicted octanol–water partition coefficient (Wildman–Crippen LogP) is 4.41. The zero-order valence-corrected chi connectivity index (χ0v) is 15.3. The van der Waals surface area contributed by atoms with Crippen molar-refractivity contribution in [3.63, 3.8) is 0 Å². The molecule has 0 bridgehead atoms. The highest BCUT2D eigenvalue weighted by Crippen LogP contribution is 2.41. The molecule has 1 heterocycles. The molecule has 4 nitrogen and oxygen atoms in total. The van der Waals surface area contributed by atoms with E-state index in [1.165, 1.54) is 12.1 Å². The van der Waals surface area contributed by atoms with Crippen molar-refractivity contribution in [2.75, 3.05) is 0 Å². The molecule has 0 aliphatic heterocycles. The quantitative estimate of drug-likeness (QED) is 0.517. The van der Waals surface area contributed by atoms with Crippen LogP contribution in [0, 0.1) is 24.1 Å². The maximum atomic E-state index is 13.2. The van der Waals surface area contributed by atoms with E-state index in [0.29, 0.717) is 12.0 Å². The lowest BCUT2D eigenvalue weighted by molar-refractivity contribution is -0.114. The molecule has 1 amide bonds. The van der Waals surface area contributed by atoms with Gasteiger partial charge in [-0.2, -0.15) is 5.26 Å². The highest BCUT2D eigenvalue weighted by molar-refractivity contribution is 6.10. The fraction of sp³-hybridized carbons (Fsp3) is 0.130. The highest BCUT2D eigenvalue weighted by atomic mass is 19.1. The van der Waals surface area contributed by atoms with Crippen LogP contribution >= 0.6 is 0 Å². The smallest absolute Gasteiger partial charge is 0.260 e. The number of nitrogens with zero attached hydrogens (tertiary/aromatic N) is 1. The summed E-state index contributed by atoms with van der Waals surface area (Å²) in [7, 11) is 0. The molecular weight excluding hydrogens is 353 g/mol. The summed E-state index contributed by atoms with van der Waals surface area (Å²) < 4.78 is 13.2. The Balaban J connectivity index is 1.98. The van der Waals surface area contributed by atoms with Crippen molar-refractivity contribution in [1.29, 1.82) is 5.26 Å². The van der Waals surface area contributed by atoms with Crippen molar-refractivity contribution in [1.82, 2.24) is 4.98 Å². The number of hydrogen-bond donors (Lipinski definition) is 2. The van der Waals surface area contributed by atoms with Gasteiger partial charge in [0.15, 0.2) is 0 Å². The number of nitrogens with two attached hydrogens (primary N) is 1. The molecule has 1 aliphatic carbocycles. The minimum absolute atomic E-state index is 0.0717. The molecule has 0 fully saturated rings. The summed E-state index contributed by atoms with van der Waals surface area (Å²) in [5.74, 6) is -1.07. The van der Waals surface area contributed by atoms with Gasteiger partial charge < -0.3 is 10.7 Å². The van der Waals surface area contributed by atoms with Gasteiger partial charge in [0.2, 0.25) is 0 Å². The third-order valence-corrected chi connectivity index (χ3v) is 5.10. The summed E-state index contributed by atoms with van der Waals surface area (Å²) in [5.41, 5.74) is 11.6. The normalized spacial score (nSPS) is 16.7. The molecule has 0 saturated carbocycles. The first-order chi connectivity index (χ1) is 13.5. The molecule has 0 spiro atoms. The van der Waals surface area contributed by atoms with Gasteiger partial charge in [-0.15, -0.1) is 0 Å². The molecule has 3 N–H and O–H groups in total. The number of rotatable bonds is 2. The maximum Gasteiger partial charge on any atom is 0.260 e. The van der Waals surface area contributed by atoms with Gasteiger partial charge in [-0.3, -0.25) is 4.79 Å². The molecule has 0 unspecified atom stereocenters. The Morgan fingerprint density at radius 2 is 1.96 bits per heavy atom.